The predicted molar refractivity (Wildman–Crippen MR) is 101 cm³/mol. The first kappa shape index (κ1) is 19.7. The molecule has 0 unspecified atom stereocenters. The molecular weight excluding hydrogens is 330 g/mol. The van der Waals surface area contributed by atoms with E-state index in [2.05, 4.69) is 5.16 Å². The van der Waals surface area contributed by atoms with Crippen molar-refractivity contribution < 1.29 is 19.1 Å². The molecule has 2 aromatic carbocycles. The molecule has 2 aromatic rings. The Hall–Kier alpha value is -2.66. The Kier molecular flexibility index (Phi) is 7.83. The summed E-state index contributed by atoms with van der Waals surface area (Å²) in [5, 5.41) is 4.19. The van der Waals surface area contributed by atoms with Gasteiger partial charge < -0.3 is 14.3 Å². The van der Waals surface area contributed by atoms with Gasteiger partial charge in [-0.15, -0.1) is 0 Å². The molecule has 0 fully saturated rings. The summed E-state index contributed by atoms with van der Waals surface area (Å²) in [5.41, 5.74) is 3.75. The predicted octanol–water partition coefficient (Wildman–Crippen LogP) is 3.75. The maximum absolute atomic E-state index is 11.8. The van der Waals surface area contributed by atoms with Crippen molar-refractivity contribution in [2.45, 2.75) is 33.0 Å². The standard InChI is InChI=1S/C21H25NO4/c1-4-25-20(21(23)24-3)14-18-11-8-12-19(13-18)16(2)22-26-15-17-9-6-5-7-10-17/h5-13,20H,4,14-15H2,1-3H3/b22-16+/t20-/m1/s1. The van der Waals surface area contributed by atoms with E-state index < -0.39 is 6.10 Å². The summed E-state index contributed by atoms with van der Waals surface area (Å²) in [5.74, 6) is -0.367. The van der Waals surface area contributed by atoms with Gasteiger partial charge in [0.05, 0.1) is 12.8 Å². The van der Waals surface area contributed by atoms with Gasteiger partial charge in [-0.25, -0.2) is 4.79 Å². The Morgan fingerprint density at radius 2 is 1.81 bits per heavy atom. The van der Waals surface area contributed by atoms with Crippen LogP contribution in [0.2, 0.25) is 0 Å². The average Bonchev–Trinajstić information content (AvgIpc) is 2.68. The molecule has 0 aliphatic carbocycles. The van der Waals surface area contributed by atoms with Crippen molar-refractivity contribution >= 4 is 11.7 Å². The Morgan fingerprint density at radius 1 is 1.08 bits per heavy atom. The van der Waals surface area contributed by atoms with E-state index in [0.717, 1.165) is 22.4 Å². The molecule has 5 nitrogen and oxygen atoms in total. The molecule has 0 aromatic heterocycles. The number of carbonyl (C=O) groups excluding carboxylic acids is 1. The lowest BCUT2D eigenvalue weighted by Crippen LogP contribution is -2.28. The third-order valence-electron chi connectivity index (χ3n) is 3.87. The van der Waals surface area contributed by atoms with Crippen molar-refractivity contribution in [2.75, 3.05) is 13.7 Å². The van der Waals surface area contributed by atoms with E-state index in [1.54, 1.807) is 0 Å². The molecule has 0 spiro atoms. The van der Waals surface area contributed by atoms with Crippen molar-refractivity contribution in [2.24, 2.45) is 5.16 Å². The topological polar surface area (TPSA) is 57.1 Å². The second kappa shape index (κ2) is 10.4. The number of nitrogens with zero attached hydrogens (tertiary/aromatic N) is 1. The number of carbonyl (C=O) groups is 1. The van der Waals surface area contributed by atoms with E-state index in [9.17, 15) is 4.79 Å². The van der Waals surface area contributed by atoms with Crippen LogP contribution in [0.15, 0.2) is 59.8 Å². The van der Waals surface area contributed by atoms with Crippen LogP contribution in [0.3, 0.4) is 0 Å². The van der Waals surface area contributed by atoms with Gasteiger partial charge >= 0.3 is 5.97 Å². The molecule has 5 heteroatoms. The Morgan fingerprint density at radius 3 is 2.50 bits per heavy atom. The minimum atomic E-state index is -0.605. The van der Waals surface area contributed by atoms with Crippen LogP contribution in [0.1, 0.15) is 30.5 Å². The lowest BCUT2D eigenvalue weighted by Gasteiger charge is -2.15. The number of ether oxygens (including phenoxy) is 2. The molecule has 1 atom stereocenters. The quantitative estimate of drug-likeness (QED) is 0.390. The number of rotatable bonds is 9. The van der Waals surface area contributed by atoms with Gasteiger partial charge in [-0.1, -0.05) is 53.7 Å². The van der Waals surface area contributed by atoms with Gasteiger partial charge in [-0.3, -0.25) is 0 Å². The summed E-state index contributed by atoms with van der Waals surface area (Å²) < 4.78 is 10.3. The highest BCUT2D eigenvalue weighted by Crippen LogP contribution is 2.12. The Bertz CT molecular complexity index is 728. The molecule has 0 aliphatic rings. The van der Waals surface area contributed by atoms with Gasteiger partial charge in [0.1, 0.15) is 6.61 Å². The smallest absolute Gasteiger partial charge is 0.335 e. The van der Waals surface area contributed by atoms with Crippen LogP contribution >= 0.6 is 0 Å². The van der Waals surface area contributed by atoms with E-state index in [4.69, 9.17) is 14.3 Å². The molecule has 0 heterocycles. The normalized spacial score (nSPS) is 12.5. The summed E-state index contributed by atoms with van der Waals surface area (Å²) in [6.45, 7) is 4.62. The zero-order valence-electron chi connectivity index (χ0n) is 15.5. The van der Waals surface area contributed by atoms with Crippen molar-refractivity contribution in [1.82, 2.24) is 0 Å². The van der Waals surface area contributed by atoms with Crippen LogP contribution in [-0.2, 0) is 32.1 Å². The first-order chi connectivity index (χ1) is 12.6. The lowest BCUT2D eigenvalue weighted by molar-refractivity contribution is -0.153. The fourth-order valence-electron chi connectivity index (χ4n) is 2.51. The van der Waals surface area contributed by atoms with E-state index in [1.807, 2.05) is 68.4 Å². The minimum Gasteiger partial charge on any atom is -0.467 e. The van der Waals surface area contributed by atoms with E-state index >= 15 is 0 Å². The minimum absolute atomic E-state index is 0.367. The van der Waals surface area contributed by atoms with E-state index in [0.29, 0.717) is 19.6 Å². The second-order valence-corrected chi connectivity index (χ2v) is 5.81. The molecule has 2 rings (SSSR count). The van der Waals surface area contributed by atoms with E-state index in [1.165, 1.54) is 7.11 Å². The highest BCUT2D eigenvalue weighted by molar-refractivity contribution is 5.98. The summed E-state index contributed by atoms with van der Waals surface area (Å²) in [6.07, 6.45) is -0.154. The first-order valence-electron chi connectivity index (χ1n) is 8.63. The largest absolute Gasteiger partial charge is 0.467 e. The molecule has 0 amide bonds. The van der Waals surface area contributed by atoms with Gasteiger partial charge in [0, 0.05) is 13.0 Å². The zero-order chi connectivity index (χ0) is 18.8. The van der Waals surface area contributed by atoms with Crippen LogP contribution in [0.5, 0.6) is 0 Å². The fourth-order valence-corrected chi connectivity index (χ4v) is 2.51. The van der Waals surface area contributed by atoms with Crippen molar-refractivity contribution in [1.29, 1.82) is 0 Å². The fraction of sp³-hybridized carbons (Fsp3) is 0.333. The van der Waals surface area contributed by atoms with Crippen LogP contribution in [0, 0.1) is 0 Å². The number of hydrogen-bond acceptors (Lipinski definition) is 5. The van der Waals surface area contributed by atoms with Gasteiger partial charge in [0.15, 0.2) is 6.10 Å². The average molecular weight is 355 g/mol. The van der Waals surface area contributed by atoms with Crippen LogP contribution < -0.4 is 0 Å². The molecule has 138 valence electrons. The number of hydrogen-bond donors (Lipinski definition) is 0. The number of benzene rings is 2. The molecule has 0 saturated heterocycles. The third kappa shape index (κ3) is 6.01. The van der Waals surface area contributed by atoms with Gasteiger partial charge in [0.2, 0.25) is 0 Å². The Labute approximate surface area is 154 Å². The monoisotopic (exact) mass is 355 g/mol. The van der Waals surface area contributed by atoms with Crippen LogP contribution in [0.4, 0.5) is 0 Å². The van der Waals surface area contributed by atoms with Crippen molar-refractivity contribution in [3.8, 4) is 0 Å². The van der Waals surface area contributed by atoms with Crippen LogP contribution in [0.25, 0.3) is 0 Å². The summed E-state index contributed by atoms with van der Waals surface area (Å²) >= 11 is 0. The maximum Gasteiger partial charge on any atom is 0.335 e. The molecule has 0 N–H and O–H groups in total. The summed E-state index contributed by atoms with van der Waals surface area (Å²) in [6, 6.07) is 17.7. The third-order valence-corrected chi connectivity index (χ3v) is 3.87. The molecule has 26 heavy (non-hydrogen) atoms. The maximum atomic E-state index is 11.8. The summed E-state index contributed by atoms with van der Waals surface area (Å²) in [7, 11) is 1.37. The number of methoxy groups -OCH3 is 1. The molecule has 0 aliphatic heterocycles. The van der Waals surface area contributed by atoms with Gasteiger partial charge in [-0.05, 0) is 36.6 Å². The van der Waals surface area contributed by atoms with Gasteiger partial charge in [0.25, 0.3) is 0 Å². The zero-order valence-corrected chi connectivity index (χ0v) is 15.5. The van der Waals surface area contributed by atoms with Crippen LogP contribution in [-0.4, -0.2) is 31.5 Å². The van der Waals surface area contributed by atoms with E-state index in [-0.39, 0.29) is 5.97 Å². The number of oxime groups is 1. The van der Waals surface area contributed by atoms with Crippen molar-refractivity contribution in [3.63, 3.8) is 0 Å². The SMILES string of the molecule is CCO[C@H](Cc1cccc(/C(C)=N/OCc2ccccc2)c1)C(=O)OC. The number of esters is 1. The van der Waals surface area contributed by atoms with Gasteiger partial charge in [-0.2, -0.15) is 0 Å². The Balaban J connectivity index is 2.02. The lowest BCUT2D eigenvalue weighted by atomic mass is 10.0. The highest BCUT2D eigenvalue weighted by atomic mass is 16.6. The molecule has 0 radical (unpaired) electrons. The molecular formula is C21H25NO4. The van der Waals surface area contributed by atoms with Crippen molar-refractivity contribution in [3.05, 3.63) is 71.3 Å². The first-order valence-corrected chi connectivity index (χ1v) is 8.63. The summed E-state index contributed by atoms with van der Waals surface area (Å²) in [4.78, 5) is 17.3. The molecule has 0 saturated carbocycles. The second-order valence-electron chi connectivity index (χ2n) is 5.81. The molecule has 0 bridgehead atoms. The highest BCUT2D eigenvalue weighted by Gasteiger charge is 2.20.